The lowest BCUT2D eigenvalue weighted by Crippen LogP contribution is -2.64. The van der Waals surface area contributed by atoms with Crippen LogP contribution in [0.25, 0.3) is 10.9 Å². The van der Waals surface area contributed by atoms with E-state index in [1.807, 2.05) is 79.7 Å². The van der Waals surface area contributed by atoms with Crippen LogP contribution < -0.4 is 38.5 Å². The zero-order chi connectivity index (χ0) is 46.1. The zero-order valence-electron chi connectivity index (χ0n) is 36.9. The molecule has 16 heteroatoms. The summed E-state index contributed by atoms with van der Waals surface area (Å²) < 4.78 is 0. The number of aryl methyl sites for hydroxylation is 1. The van der Waals surface area contributed by atoms with Crippen molar-refractivity contribution in [1.29, 1.82) is 0 Å². The van der Waals surface area contributed by atoms with Crippen LogP contribution >= 0.6 is 0 Å². The summed E-state index contributed by atoms with van der Waals surface area (Å²) in [4.78, 5) is 91.4. The minimum atomic E-state index is -1.26. The maximum absolute atomic E-state index is 14.7. The second-order valence-electron chi connectivity index (χ2n) is 16.7. The summed E-state index contributed by atoms with van der Waals surface area (Å²) >= 11 is 0. The van der Waals surface area contributed by atoms with Crippen LogP contribution in [0.5, 0.6) is 0 Å². The number of nitrogens with two attached hydrogens (primary N) is 3. The molecule has 1 aliphatic rings. The van der Waals surface area contributed by atoms with E-state index < -0.39 is 59.7 Å². The number of hydrogen-bond acceptors (Lipinski definition) is 7. The van der Waals surface area contributed by atoms with E-state index in [0.29, 0.717) is 38.5 Å². The monoisotopic (exact) mass is 877 g/mol. The number of primary amides is 1. The Morgan fingerprint density at radius 2 is 1.50 bits per heavy atom. The number of likely N-dealkylation sites (N-methyl/N-ethyl adjacent to an activating group) is 1. The van der Waals surface area contributed by atoms with Crippen LogP contribution in [0, 0.1) is 0 Å². The average molecular weight is 877 g/mol. The van der Waals surface area contributed by atoms with E-state index in [0.717, 1.165) is 28.5 Å². The Kier molecular flexibility index (Phi) is 17.9. The van der Waals surface area contributed by atoms with Gasteiger partial charge in [-0.15, -0.1) is 0 Å². The third kappa shape index (κ3) is 13.6. The molecule has 16 nitrogen and oxygen atoms in total. The van der Waals surface area contributed by atoms with Crippen molar-refractivity contribution < 1.29 is 28.8 Å². The number of carbonyl (C=O) groups is 6. The topological polar surface area (TPSA) is 260 Å². The van der Waals surface area contributed by atoms with Crippen LogP contribution in [0.2, 0.25) is 0 Å². The number of carbonyl (C=O) groups excluding carboxylic acids is 6. The Bertz CT molecular complexity index is 2220. The third-order valence-corrected chi connectivity index (χ3v) is 12.1. The molecule has 3 aromatic carbocycles. The quantitative estimate of drug-likeness (QED) is 0.0311. The number of aliphatic imine (C=N–C) groups is 1. The summed E-state index contributed by atoms with van der Waals surface area (Å²) in [6.07, 6.45) is 6.57. The van der Waals surface area contributed by atoms with Gasteiger partial charge in [0, 0.05) is 43.5 Å². The number of nitrogens with one attached hydrogen (secondary N) is 5. The lowest BCUT2D eigenvalue weighted by molar-refractivity contribution is -0.143. The van der Waals surface area contributed by atoms with Gasteiger partial charge in [-0.1, -0.05) is 92.2 Å². The molecule has 5 rings (SSSR count). The van der Waals surface area contributed by atoms with Gasteiger partial charge in [-0.25, -0.2) is 0 Å². The molecular formula is C48H64N10O6. The Hall–Kier alpha value is -6.71. The highest BCUT2D eigenvalue weighted by Gasteiger charge is 2.45. The second-order valence-corrected chi connectivity index (χ2v) is 16.7. The van der Waals surface area contributed by atoms with Gasteiger partial charge in [0.25, 0.3) is 0 Å². The number of rotatable bonds is 23. The first kappa shape index (κ1) is 48.3. The molecule has 11 N–H and O–H groups in total. The summed E-state index contributed by atoms with van der Waals surface area (Å²) in [7, 11) is 1.46. The molecule has 64 heavy (non-hydrogen) atoms. The van der Waals surface area contributed by atoms with Gasteiger partial charge < -0.3 is 48.4 Å². The summed E-state index contributed by atoms with van der Waals surface area (Å²) in [5, 5.41) is 12.4. The zero-order valence-corrected chi connectivity index (χ0v) is 36.9. The molecule has 0 saturated heterocycles. The smallest absolute Gasteiger partial charge is 0.246 e. The van der Waals surface area contributed by atoms with Gasteiger partial charge >= 0.3 is 0 Å². The summed E-state index contributed by atoms with van der Waals surface area (Å²) in [5.41, 5.74) is 19.0. The van der Waals surface area contributed by atoms with Crippen LogP contribution in [0.3, 0.4) is 0 Å². The molecule has 1 saturated carbocycles. The van der Waals surface area contributed by atoms with E-state index in [1.54, 1.807) is 6.20 Å². The van der Waals surface area contributed by atoms with E-state index >= 15 is 0 Å². The van der Waals surface area contributed by atoms with Crippen molar-refractivity contribution in [2.45, 2.75) is 114 Å². The van der Waals surface area contributed by atoms with E-state index in [4.69, 9.17) is 17.2 Å². The van der Waals surface area contributed by atoms with Gasteiger partial charge in [0.05, 0.1) is 6.54 Å². The van der Waals surface area contributed by atoms with E-state index in [1.165, 1.54) is 17.5 Å². The number of aromatic amines is 1. The molecule has 1 heterocycles. The molecule has 0 aliphatic heterocycles. The van der Waals surface area contributed by atoms with Crippen LogP contribution in [0.15, 0.2) is 96.1 Å². The Labute approximate surface area is 374 Å². The molecule has 0 spiro atoms. The number of unbranched alkanes of at least 4 members (excludes halogenated alkanes) is 1. The number of amides is 6. The molecule has 0 bridgehead atoms. The molecule has 342 valence electrons. The van der Waals surface area contributed by atoms with Gasteiger partial charge in [0.15, 0.2) is 5.96 Å². The number of fused-ring (bicyclic) bond motifs is 1. The van der Waals surface area contributed by atoms with Gasteiger partial charge in [-0.2, -0.15) is 0 Å². The van der Waals surface area contributed by atoms with Crippen molar-refractivity contribution in [2.24, 2.45) is 22.2 Å². The molecular weight excluding hydrogens is 813 g/mol. The normalized spacial score (nSPS) is 17.2. The van der Waals surface area contributed by atoms with Gasteiger partial charge in [-0.3, -0.25) is 33.8 Å². The Balaban J connectivity index is 1.43. The molecule has 6 amide bonds. The first-order valence-corrected chi connectivity index (χ1v) is 22.2. The average Bonchev–Trinajstić information content (AvgIpc) is 3.71. The van der Waals surface area contributed by atoms with Gasteiger partial charge in [0.2, 0.25) is 35.4 Å². The highest BCUT2D eigenvalue weighted by molar-refractivity contribution is 5.97. The van der Waals surface area contributed by atoms with Gasteiger partial charge in [0.1, 0.15) is 23.7 Å². The Morgan fingerprint density at radius 1 is 0.828 bits per heavy atom. The lowest BCUT2D eigenvalue weighted by atomic mass is 9.73. The maximum Gasteiger partial charge on any atom is 0.246 e. The predicted molar refractivity (Wildman–Crippen MR) is 247 cm³/mol. The van der Waals surface area contributed by atoms with Crippen molar-refractivity contribution in [3.8, 4) is 0 Å². The summed E-state index contributed by atoms with van der Waals surface area (Å²) in [6, 6.07) is 23.7. The first-order chi connectivity index (χ1) is 30.8. The fraction of sp³-hybridized carbons (Fsp3) is 0.438. The molecule has 1 fully saturated rings. The summed E-state index contributed by atoms with van der Waals surface area (Å²) in [6.45, 7) is 1.71. The van der Waals surface area contributed by atoms with Crippen molar-refractivity contribution in [2.75, 3.05) is 20.1 Å². The van der Waals surface area contributed by atoms with Crippen LogP contribution in [-0.2, 0) is 41.6 Å². The molecule has 4 aromatic rings. The van der Waals surface area contributed by atoms with Gasteiger partial charge in [-0.05, 0) is 86.5 Å². The SMILES string of the molecule is CCCCC(=O)NC1(C(=O)N[C@H](CCc2ccccc2)C(=O)N[C@@H](CCCN=C(N)N)C(=O)N(C)[C@@H](Cc2c[nH]c3ccccc23)C(=O)NCC(N)=O)CCC(c2ccccc2)CC1. The number of nitrogens with zero attached hydrogens (tertiary/aromatic N) is 2. The molecule has 1 aromatic heterocycles. The first-order valence-electron chi connectivity index (χ1n) is 22.2. The lowest BCUT2D eigenvalue weighted by Gasteiger charge is -2.40. The largest absolute Gasteiger partial charge is 0.370 e. The predicted octanol–water partition coefficient (Wildman–Crippen LogP) is 3.20. The number of para-hydroxylation sites is 1. The third-order valence-electron chi connectivity index (χ3n) is 12.1. The number of hydrogen-bond donors (Lipinski definition) is 8. The van der Waals surface area contributed by atoms with E-state index in [9.17, 15) is 28.8 Å². The second kappa shape index (κ2) is 23.7. The highest BCUT2D eigenvalue weighted by atomic mass is 16.2. The highest BCUT2D eigenvalue weighted by Crippen LogP contribution is 2.38. The van der Waals surface area contributed by atoms with Crippen LogP contribution in [0.1, 0.15) is 93.7 Å². The van der Waals surface area contributed by atoms with Crippen LogP contribution in [-0.4, -0.2) is 95.1 Å². The van der Waals surface area contributed by atoms with E-state index in [-0.39, 0.29) is 56.4 Å². The number of aromatic nitrogens is 1. The Morgan fingerprint density at radius 3 is 2.17 bits per heavy atom. The number of guanidine groups is 1. The minimum Gasteiger partial charge on any atom is -0.370 e. The fourth-order valence-corrected chi connectivity index (χ4v) is 8.40. The van der Waals surface area contributed by atoms with Crippen molar-refractivity contribution >= 4 is 52.3 Å². The van der Waals surface area contributed by atoms with Crippen LogP contribution in [0.4, 0.5) is 0 Å². The molecule has 3 atom stereocenters. The maximum atomic E-state index is 14.7. The van der Waals surface area contributed by atoms with E-state index in [2.05, 4.69) is 43.4 Å². The summed E-state index contributed by atoms with van der Waals surface area (Å²) in [5.74, 6) is -3.20. The van der Waals surface area contributed by atoms with Crippen molar-refractivity contribution in [1.82, 2.24) is 31.2 Å². The van der Waals surface area contributed by atoms with Crippen molar-refractivity contribution in [3.63, 3.8) is 0 Å². The standard InChI is InChI=1S/C48H64N10O6/c1-3-4-21-42(60)57-48(26-24-34(25-27-48)33-16-9-6-10-17-33)46(64)56-38(23-22-32-14-7-5-8-15-32)43(61)55-39(20-13-28-52-47(50)51)45(63)58(2)40(44(62)54-31-41(49)59)29-35-30-53-37-19-12-11-18-36(35)37/h5-12,14-19,30,34,38-40,53H,3-4,13,20-29,31H2,1-2H3,(H2,49,59)(H,54,62)(H,55,61)(H,56,64)(H,57,60)(H4,50,51,52)/t34?,38-,39+,40+,48?/m1/s1. The number of benzene rings is 3. The van der Waals surface area contributed by atoms with Crippen molar-refractivity contribution in [3.05, 3.63) is 108 Å². The fourth-order valence-electron chi connectivity index (χ4n) is 8.40. The molecule has 1 aliphatic carbocycles. The molecule has 0 radical (unpaired) electrons. The number of H-pyrrole nitrogens is 1. The minimum absolute atomic E-state index is 0.0679. The molecule has 0 unspecified atom stereocenters.